The number of amides is 1. The number of oxazole rings is 1. The van der Waals surface area contributed by atoms with Crippen LogP contribution in [0.3, 0.4) is 0 Å². The van der Waals surface area contributed by atoms with E-state index in [1.54, 1.807) is 36.0 Å². The van der Waals surface area contributed by atoms with E-state index >= 15 is 0 Å². The van der Waals surface area contributed by atoms with Crippen LogP contribution in [0.5, 0.6) is 0 Å². The molecule has 2 aromatic carbocycles. The molecule has 7 heteroatoms. The minimum absolute atomic E-state index is 0.265. The van der Waals surface area contributed by atoms with Crippen LogP contribution in [0.2, 0.25) is 0 Å². The molecule has 0 aliphatic carbocycles. The molecule has 2 heterocycles. The van der Waals surface area contributed by atoms with Crippen molar-refractivity contribution in [1.29, 1.82) is 0 Å². The van der Waals surface area contributed by atoms with Gasteiger partial charge in [-0.2, -0.15) is 5.10 Å². The van der Waals surface area contributed by atoms with Crippen molar-refractivity contribution >= 4 is 22.8 Å². The number of fused-ring (bicyclic) bond motifs is 1. The van der Waals surface area contributed by atoms with Crippen molar-refractivity contribution in [3.05, 3.63) is 75.9 Å². The van der Waals surface area contributed by atoms with E-state index in [-0.39, 0.29) is 11.5 Å². The Labute approximate surface area is 154 Å². The molecule has 1 N–H and O–H groups in total. The average molecular weight is 362 g/mol. The molecule has 7 nitrogen and oxygen atoms in total. The maximum Gasteiger partial charge on any atom is 0.419 e. The van der Waals surface area contributed by atoms with Crippen LogP contribution in [0.25, 0.3) is 16.8 Å². The van der Waals surface area contributed by atoms with Crippen molar-refractivity contribution in [2.75, 3.05) is 5.32 Å². The number of hydrogen-bond donors (Lipinski definition) is 1. The molecule has 27 heavy (non-hydrogen) atoms. The Kier molecular flexibility index (Phi) is 3.92. The number of anilines is 1. The first kappa shape index (κ1) is 16.8. The summed E-state index contributed by atoms with van der Waals surface area (Å²) in [5.41, 5.74) is 3.81. The van der Waals surface area contributed by atoms with E-state index in [1.165, 1.54) is 4.57 Å². The summed E-state index contributed by atoms with van der Waals surface area (Å²) in [4.78, 5) is 24.7. The van der Waals surface area contributed by atoms with Gasteiger partial charge in [-0.25, -0.2) is 9.48 Å². The summed E-state index contributed by atoms with van der Waals surface area (Å²) >= 11 is 0. The van der Waals surface area contributed by atoms with E-state index < -0.39 is 5.76 Å². The van der Waals surface area contributed by atoms with Crippen molar-refractivity contribution in [2.24, 2.45) is 7.05 Å². The monoisotopic (exact) mass is 362 g/mol. The molecule has 0 unspecified atom stereocenters. The smallest absolute Gasteiger partial charge is 0.407 e. The number of hydrogen-bond acceptors (Lipinski definition) is 4. The van der Waals surface area contributed by atoms with Crippen LogP contribution in [-0.4, -0.2) is 20.3 Å². The second-order valence-electron chi connectivity index (χ2n) is 6.40. The minimum atomic E-state index is -0.508. The van der Waals surface area contributed by atoms with Gasteiger partial charge in [-0.05, 0) is 37.6 Å². The SMILES string of the molecule is Cc1cc(NC(=O)c2cccc3c2oc(=O)n3C)n(-c2ccccc2C)n1. The largest absolute Gasteiger partial charge is 0.419 e. The summed E-state index contributed by atoms with van der Waals surface area (Å²) in [6.45, 7) is 3.85. The molecule has 0 fully saturated rings. The van der Waals surface area contributed by atoms with Gasteiger partial charge in [-0.1, -0.05) is 24.3 Å². The fourth-order valence-electron chi connectivity index (χ4n) is 3.09. The highest BCUT2D eigenvalue weighted by Gasteiger charge is 2.18. The summed E-state index contributed by atoms with van der Waals surface area (Å²) < 4.78 is 8.32. The molecule has 0 spiro atoms. The summed E-state index contributed by atoms with van der Waals surface area (Å²) in [6, 6.07) is 14.7. The predicted molar refractivity (Wildman–Crippen MR) is 102 cm³/mol. The Balaban J connectivity index is 1.76. The number of aryl methyl sites for hydroxylation is 3. The third-order valence-corrected chi connectivity index (χ3v) is 4.48. The van der Waals surface area contributed by atoms with E-state index in [0.29, 0.717) is 16.9 Å². The lowest BCUT2D eigenvalue weighted by Gasteiger charge is -2.11. The fraction of sp³-hybridized carbons (Fsp3) is 0.150. The first-order valence-electron chi connectivity index (χ1n) is 8.48. The molecule has 2 aromatic heterocycles. The number of para-hydroxylation sites is 2. The standard InChI is InChI=1S/C20H18N4O3/c1-12-7-4-5-9-15(12)24-17(11-13(2)22-24)21-19(25)14-8-6-10-16-18(14)27-20(26)23(16)3/h4-11H,1-3H3,(H,21,25). The topological polar surface area (TPSA) is 82.1 Å². The van der Waals surface area contributed by atoms with Gasteiger partial charge in [0.1, 0.15) is 5.82 Å². The maximum absolute atomic E-state index is 12.9. The molecule has 4 aromatic rings. The van der Waals surface area contributed by atoms with Gasteiger partial charge in [0.05, 0.1) is 22.5 Å². The highest BCUT2D eigenvalue weighted by Crippen LogP contribution is 2.22. The van der Waals surface area contributed by atoms with Gasteiger partial charge in [0.2, 0.25) is 0 Å². The first-order chi connectivity index (χ1) is 13.0. The fourth-order valence-corrected chi connectivity index (χ4v) is 3.09. The molecule has 0 aliphatic heterocycles. The van der Waals surface area contributed by atoms with Crippen LogP contribution >= 0.6 is 0 Å². The quantitative estimate of drug-likeness (QED) is 0.607. The molecule has 1 amide bonds. The third kappa shape index (κ3) is 2.83. The molecule has 4 rings (SSSR count). The van der Waals surface area contributed by atoms with Crippen molar-refractivity contribution < 1.29 is 9.21 Å². The summed E-state index contributed by atoms with van der Waals surface area (Å²) in [5.74, 6) is -0.335. The van der Waals surface area contributed by atoms with Gasteiger partial charge >= 0.3 is 5.76 Å². The van der Waals surface area contributed by atoms with E-state index in [4.69, 9.17) is 4.42 Å². The number of nitrogens with zero attached hydrogens (tertiary/aromatic N) is 3. The van der Waals surface area contributed by atoms with Gasteiger partial charge in [0, 0.05) is 13.1 Å². The van der Waals surface area contributed by atoms with Crippen LogP contribution < -0.4 is 11.1 Å². The number of carbonyl (C=O) groups excluding carboxylic acids is 1. The maximum atomic E-state index is 12.9. The van der Waals surface area contributed by atoms with Crippen LogP contribution in [0.4, 0.5) is 5.82 Å². The van der Waals surface area contributed by atoms with Crippen LogP contribution in [-0.2, 0) is 7.05 Å². The van der Waals surface area contributed by atoms with Gasteiger partial charge < -0.3 is 9.73 Å². The first-order valence-corrected chi connectivity index (χ1v) is 8.48. The number of rotatable bonds is 3. The van der Waals surface area contributed by atoms with Crippen molar-refractivity contribution in [3.63, 3.8) is 0 Å². The zero-order valence-corrected chi connectivity index (χ0v) is 15.2. The van der Waals surface area contributed by atoms with Gasteiger partial charge in [-0.3, -0.25) is 9.36 Å². The number of aromatic nitrogens is 3. The number of carbonyl (C=O) groups is 1. The normalized spacial score (nSPS) is 11.1. The molecular weight excluding hydrogens is 344 g/mol. The minimum Gasteiger partial charge on any atom is -0.407 e. The Bertz CT molecular complexity index is 1230. The lowest BCUT2D eigenvalue weighted by atomic mass is 10.2. The van der Waals surface area contributed by atoms with E-state index in [9.17, 15) is 9.59 Å². The lowest BCUT2D eigenvalue weighted by molar-refractivity contribution is 0.102. The van der Waals surface area contributed by atoms with Gasteiger partial charge in [-0.15, -0.1) is 0 Å². The van der Waals surface area contributed by atoms with Crippen LogP contribution in [0.1, 0.15) is 21.6 Å². The zero-order valence-electron chi connectivity index (χ0n) is 15.2. The van der Waals surface area contributed by atoms with Crippen molar-refractivity contribution in [2.45, 2.75) is 13.8 Å². The Hall–Kier alpha value is -3.61. The van der Waals surface area contributed by atoms with Gasteiger partial charge in [0.25, 0.3) is 5.91 Å². The second kappa shape index (κ2) is 6.28. The molecule has 0 saturated heterocycles. The van der Waals surface area contributed by atoms with Gasteiger partial charge in [0.15, 0.2) is 5.58 Å². The van der Waals surface area contributed by atoms with Crippen LogP contribution in [0, 0.1) is 13.8 Å². The Morgan fingerprint density at radius 3 is 2.67 bits per heavy atom. The molecule has 0 bridgehead atoms. The number of benzene rings is 2. The van der Waals surface area contributed by atoms with E-state index in [0.717, 1.165) is 16.9 Å². The highest BCUT2D eigenvalue weighted by atomic mass is 16.4. The lowest BCUT2D eigenvalue weighted by Crippen LogP contribution is -2.15. The average Bonchev–Trinajstić information content (AvgIpc) is 3.15. The molecule has 0 radical (unpaired) electrons. The Morgan fingerprint density at radius 2 is 1.89 bits per heavy atom. The molecular formula is C20H18N4O3. The third-order valence-electron chi connectivity index (χ3n) is 4.48. The Morgan fingerprint density at radius 1 is 1.11 bits per heavy atom. The van der Waals surface area contributed by atoms with Crippen molar-refractivity contribution in [1.82, 2.24) is 14.3 Å². The van der Waals surface area contributed by atoms with Crippen molar-refractivity contribution in [3.8, 4) is 5.69 Å². The zero-order chi connectivity index (χ0) is 19.1. The second-order valence-corrected chi connectivity index (χ2v) is 6.40. The highest BCUT2D eigenvalue weighted by molar-refractivity contribution is 6.10. The summed E-state index contributed by atoms with van der Waals surface area (Å²) in [5, 5.41) is 7.38. The summed E-state index contributed by atoms with van der Waals surface area (Å²) in [6.07, 6.45) is 0. The molecule has 136 valence electrons. The molecule has 0 saturated carbocycles. The summed E-state index contributed by atoms with van der Waals surface area (Å²) in [7, 11) is 1.60. The van der Waals surface area contributed by atoms with Crippen LogP contribution in [0.15, 0.2) is 57.7 Å². The molecule has 0 aliphatic rings. The predicted octanol–water partition coefficient (Wildman–Crippen LogP) is 3.19. The molecule has 0 atom stereocenters. The number of nitrogens with one attached hydrogen (secondary N) is 1. The van der Waals surface area contributed by atoms with E-state index in [1.807, 2.05) is 38.1 Å². The van der Waals surface area contributed by atoms with E-state index in [2.05, 4.69) is 10.4 Å².